The molecule has 3 rings (SSSR count). The third kappa shape index (κ3) is 5.10. The molecule has 0 aliphatic carbocycles. The van der Waals surface area contributed by atoms with Crippen LogP contribution in [0.1, 0.15) is 44.9 Å². The highest BCUT2D eigenvalue weighted by Gasteiger charge is 2.25. The second kappa shape index (κ2) is 10.1. The Balaban J connectivity index is 1.73. The van der Waals surface area contributed by atoms with Gasteiger partial charge in [0.05, 0.1) is 19.8 Å². The van der Waals surface area contributed by atoms with Gasteiger partial charge in [-0.15, -0.1) is 0 Å². The summed E-state index contributed by atoms with van der Waals surface area (Å²) < 4.78 is 49.5. The van der Waals surface area contributed by atoms with Gasteiger partial charge in [-0.05, 0) is 37.1 Å². The van der Waals surface area contributed by atoms with Crippen LogP contribution in [0, 0.1) is 6.92 Å². The number of hydrogen-bond donors (Lipinski definition) is 1. The number of halogens is 2. The van der Waals surface area contributed by atoms with Gasteiger partial charge in [0.15, 0.2) is 18.1 Å². The third-order valence-corrected chi connectivity index (χ3v) is 4.71. The van der Waals surface area contributed by atoms with Gasteiger partial charge in [-0.3, -0.25) is 0 Å². The first-order valence-electron chi connectivity index (χ1n) is 9.71. The molecule has 3 aromatic rings. The zero-order chi connectivity index (χ0) is 24.1. The average Bonchev–Trinajstić information content (AvgIpc) is 3.41. The smallest absolute Gasteiger partial charge is 0.387 e. The van der Waals surface area contributed by atoms with Crippen molar-refractivity contribution >= 4 is 11.9 Å². The van der Waals surface area contributed by atoms with Crippen molar-refractivity contribution in [3.8, 4) is 22.9 Å². The fourth-order valence-corrected chi connectivity index (χ4v) is 3.14. The molecule has 1 N–H and O–H groups in total. The van der Waals surface area contributed by atoms with Crippen molar-refractivity contribution in [3.05, 3.63) is 46.6 Å². The standard InChI is InChI=1S/C21H21F2N3O7/c1-5-12-16(19(27)30-4)10(2)17(24-12)20(28)31-9-15-25-18(26-33-15)11-6-7-13(32-21(22)23)14(8-11)29-3/h6-8,21,24H,5,9H2,1-4H3. The van der Waals surface area contributed by atoms with Gasteiger partial charge in [0.25, 0.3) is 5.89 Å². The second-order valence-electron chi connectivity index (χ2n) is 6.66. The average molecular weight is 465 g/mol. The molecule has 33 heavy (non-hydrogen) atoms. The van der Waals surface area contributed by atoms with E-state index in [0.717, 1.165) is 0 Å². The van der Waals surface area contributed by atoms with Crippen LogP contribution in [0.15, 0.2) is 22.7 Å². The third-order valence-electron chi connectivity index (χ3n) is 4.71. The Hall–Kier alpha value is -3.96. The molecule has 0 saturated heterocycles. The highest BCUT2D eigenvalue weighted by Crippen LogP contribution is 2.32. The maximum atomic E-state index is 12.5. The molecule has 2 heterocycles. The van der Waals surface area contributed by atoms with E-state index < -0.39 is 18.6 Å². The molecule has 0 unspecified atom stereocenters. The van der Waals surface area contributed by atoms with Crippen LogP contribution >= 0.6 is 0 Å². The van der Waals surface area contributed by atoms with E-state index in [9.17, 15) is 18.4 Å². The summed E-state index contributed by atoms with van der Waals surface area (Å²) in [6.07, 6.45) is 0.482. The van der Waals surface area contributed by atoms with Crippen molar-refractivity contribution in [3.63, 3.8) is 0 Å². The molecule has 0 spiro atoms. The fraction of sp³-hybridized carbons (Fsp3) is 0.333. The van der Waals surface area contributed by atoms with Gasteiger partial charge in [0.2, 0.25) is 5.82 Å². The largest absolute Gasteiger partial charge is 0.493 e. The Morgan fingerprint density at radius 1 is 1.18 bits per heavy atom. The number of carbonyl (C=O) groups excluding carboxylic acids is 2. The van der Waals surface area contributed by atoms with Crippen LogP contribution in [0.2, 0.25) is 0 Å². The zero-order valence-corrected chi connectivity index (χ0v) is 18.2. The lowest BCUT2D eigenvalue weighted by molar-refractivity contribution is -0.0512. The molecule has 0 fully saturated rings. The molecule has 0 atom stereocenters. The summed E-state index contributed by atoms with van der Waals surface area (Å²) in [5.41, 5.74) is 1.78. The summed E-state index contributed by atoms with van der Waals surface area (Å²) in [6.45, 7) is 0.103. The van der Waals surface area contributed by atoms with Crippen LogP contribution in [-0.4, -0.2) is 47.9 Å². The molecule has 0 radical (unpaired) electrons. The molecule has 0 aliphatic rings. The number of carbonyl (C=O) groups is 2. The van der Waals surface area contributed by atoms with E-state index in [0.29, 0.717) is 28.8 Å². The van der Waals surface area contributed by atoms with Crippen LogP contribution in [0.4, 0.5) is 8.78 Å². The number of methoxy groups -OCH3 is 2. The number of H-pyrrole nitrogens is 1. The van der Waals surface area contributed by atoms with Crippen LogP contribution < -0.4 is 9.47 Å². The van der Waals surface area contributed by atoms with Gasteiger partial charge >= 0.3 is 18.6 Å². The SMILES string of the molecule is CCc1[nH]c(C(=O)OCc2nc(-c3ccc(OC(F)F)c(OC)c3)no2)c(C)c1C(=O)OC. The minimum absolute atomic E-state index is 0.00154. The lowest BCUT2D eigenvalue weighted by atomic mass is 10.1. The molecule has 12 heteroatoms. The molecule has 0 saturated carbocycles. The number of rotatable bonds is 9. The number of alkyl halides is 2. The minimum Gasteiger partial charge on any atom is -0.493 e. The van der Waals surface area contributed by atoms with Crippen molar-refractivity contribution < 1.29 is 41.8 Å². The van der Waals surface area contributed by atoms with E-state index >= 15 is 0 Å². The molecule has 2 aromatic heterocycles. The van der Waals surface area contributed by atoms with Crippen molar-refractivity contribution in [2.24, 2.45) is 0 Å². The summed E-state index contributed by atoms with van der Waals surface area (Å²) in [4.78, 5) is 31.6. The van der Waals surface area contributed by atoms with Crippen molar-refractivity contribution in [1.82, 2.24) is 15.1 Å². The maximum absolute atomic E-state index is 12.5. The maximum Gasteiger partial charge on any atom is 0.387 e. The molecule has 0 aliphatic heterocycles. The highest BCUT2D eigenvalue weighted by atomic mass is 19.3. The number of esters is 2. The van der Waals surface area contributed by atoms with Gasteiger partial charge in [-0.2, -0.15) is 13.8 Å². The van der Waals surface area contributed by atoms with Gasteiger partial charge in [0, 0.05) is 11.3 Å². The minimum atomic E-state index is -3.00. The summed E-state index contributed by atoms with van der Waals surface area (Å²) in [5.74, 6) is -1.23. The summed E-state index contributed by atoms with van der Waals surface area (Å²) in [6, 6.07) is 4.14. The number of nitrogens with one attached hydrogen (secondary N) is 1. The lowest BCUT2D eigenvalue weighted by Crippen LogP contribution is -2.08. The summed E-state index contributed by atoms with van der Waals surface area (Å²) >= 11 is 0. The first-order valence-corrected chi connectivity index (χ1v) is 9.71. The zero-order valence-electron chi connectivity index (χ0n) is 18.2. The molecule has 10 nitrogen and oxygen atoms in total. The quantitative estimate of drug-likeness (QED) is 0.471. The van der Waals surface area contributed by atoms with Crippen molar-refractivity contribution in [2.75, 3.05) is 14.2 Å². The lowest BCUT2D eigenvalue weighted by Gasteiger charge is -2.10. The van der Waals surface area contributed by atoms with Gasteiger partial charge in [-0.1, -0.05) is 12.1 Å². The van der Waals surface area contributed by atoms with Crippen LogP contribution in [0.3, 0.4) is 0 Å². The number of aromatic nitrogens is 3. The number of aryl methyl sites for hydroxylation is 1. The van der Waals surface area contributed by atoms with E-state index in [-0.39, 0.29) is 35.5 Å². The predicted molar refractivity (Wildman–Crippen MR) is 108 cm³/mol. The van der Waals surface area contributed by atoms with Crippen molar-refractivity contribution in [1.29, 1.82) is 0 Å². The van der Waals surface area contributed by atoms with Gasteiger partial charge in [0.1, 0.15) is 5.69 Å². The summed E-state index contributed by atoms with van der Waals surface area (Å²) in [7, 11) is 2.56. The molecule has 0 amide bonds. The second-order valence-corrected chi connectivity index (χ2v) is 6.66. The first-order chi connectivity index (χ1) is 15.8. The Bertz CT molecular complexity index is 1160. The van der Waals surface area contributed by atoms with Crippen molar-refractivity contribution in [2.45, 2.75) is 33.5 Å². The Morgan fingerprint density at radius 3 is 2.58 bits per heavy atom. The van der Waals surface area contributed by atoms with E-state index in [1.165, 1.54) is 32.4 Å². The number of hydrogen-bond acceptors (Lipinski definition) is 9. The number of nitrogens with zero attached hydrogens (tertiary/aromatic N) is 2. The fourth-order valence-electron chi connectivity index (χ4n) is 3.14. The molecule has 1 aromatic carbocycles. The normalized spacial score (nSPS) is 10.9. The Labute approximate surface area is 186 Å². The topological polar surface area (TPSA) is 126 Å². The number of aromatic amines is 1. The van der Waals surface area contributed by atoms with E-state index in [1.54, 1.807) is 6.92 Å². The molecular formula is C21H21F2N3O7. The van der Waals surface area contributed by atoms with Crippen LogP contribution in [0.5, 0.6) is 11.5 Å². The van der Waals surface area contributed by atoms with Crippen LogP contribution in [0.25, 0.3) is 11.4 Å². The molecular weight excluding hydrogens is 444 g/mol. The summed E-state index contributed by atoms with van der Waals surface area (Å²) in [5, 5.41) is 3.80. The Morgan fingerprint density at radius 2 is 1.94 bits per heavy atom. The van der Waals surface area contributed by atoms with Gasteiger partial charge in [-0.25, -0.2) is 9.59 Å². The molecule has 176 valence electrons. The van der Waals surface area contributed by atoms with E-state index in [2.05, 4.69) is 19.9 Å². The first kappa shape index (κ1) is 23.7. The van der Waals surface area contributed by atoms with Crippen LogP contribution in [-0.2, 0) is 22.5 Å². The van der Waals surface area contributed by atoms with E-state index in [4.69, 9.17) is 18.7 Å². The Kier molecular flexibility index (Phi) is 7.26. The molecule has 0 bridgehead atoms. The van der Waals surface area contributed by atoms with Gasteiger partial charge < -0.3 is 28.5 Å². The number of benzene rings is 1. The predicted octanol–water partition coefficient (Wildman–Crippen LogP) is 3.69. The monoisotopic (exact) mass is 465 g/mol. The number of ether oxygens (including phenoxy) is 4. The highest BCUT2D eigenvalue weighted by molar-refractivity contribution is 5.98. The van der Waals surface area contributed by atoms with E-state index in [1.807, 2.05) is 6.92 Å².